The molecule has 2 aromatic heterocycles. The van der Waals surface area contributed by atoms with E-state index < -0.39 is 9.84 Å². The van der Waals surface area contributed by atoms with Crippen LogP contribution < -0.4 is 10.7 Å². The van der Waals surface area contributed by atoms with Crippen LogP contribution in [0, 0.1) is 0 Å². The minimum absolute atomic E-state index is 0.0763. The molecule has 2 aromatic rings. The van der Waals surface area contributed by atoms with Crippen molar-refractivity contribution in [2.45, 2.75) is 6.04 Å². The quantitative estimate of drug-likeness (QED) is 0.742. The molecule has 1 aliphatic heterocycles. The SMILES string of the molecule is O=c1ccn2cc(C3CS(=O)(=O)CCN3)[nH]c2c1. The normalized spacial score (nSPS) is 23.2. The lowest BCUT2D eigenvalue weighted by atomic mass is 10.2. The molecule has 1 fully saturated rings. The predicted octanol–water partition coefficient (Wildman–Crippen LogP) is -0.313. The predicted molar refractivity (Wildman–Crippen MR) is 67.4 cm³/mol. The number of imidazole rings is 1. The highest BCUT2D eigenvalue weighted by Crippen LogP contribution is 2.18. The van der Waals surface area contributed by atoms with Crippen LogP contribution in [0.2, 0.25) is 0 Å². The summed E-state index contributed by atoms with van der Waals surface area (Å²) in [6.45, 7) is 0.458. The van der Waals surface area contributed by atoms with E-state index >= 15 is 0 Å². The van der Waals surface area contributed by atoms with Gasteiger partial charge in [-0.1, -0.05) is 0 Å². The fourth-order valence-corrected chi connectivity index (χ4v) is 3.60. The van der Waals surface area contributed by atoms with E-state index in [4.69, 9.17) is 0 Å². The van der Waals surface area contributed by atoms with Crippen molar-refractivity contribution in [3.63, 3.8) is 0 Å². The van der Waals surface area contributed by atoms with Gasteiger partial charge in [0.25, 0.3) is 0 Å². The van der Waals surface area contributed by atoms with Crippen LogP contribution in [0.25, 0.3) is 5.65 Å². The lowest BCUT2D eigenvalue weighted by Gasteiger charge is -2.22. The first-order chi connectivity index (χ1) is 8.53. The number of rotatable bonds is 1. The highest BCUT2D eigenvalue weighted by Gasteiger charge is 2.26. The lowest BCUT2D eigenvalue weighted by Crippen LogP contribution is -2.39. The summed E-state index contributed by atoms with van der Waals surface area (Å²) in [4.78, 5) is 14.3. The first-order valence-electron chi connectivity index (χ1n) is 5.68. The Kier molecular flexibility index (Phi) is 2.53. The number of hydrogen-bond acceptors (Lipinski definition) is 4. The first-order valence-corrected chi connectivity index (χ1v) is 7.50. The van der Waals surface area contributed by atoms with Gasteiger partial charge in [-0.05, 0) is 0 Å². The molecule has 0 radical (unpaired) electrons. The van der Waals surface area contributed by atoms with Crippen LogP contribution in [0.15, 0.2) is 29.3 Å². The second kappa shape index (κ2) is 3.96. The Balaban J connectivity index is 2.01. The monoisotopic (exact) mass is 267 g/mol. The molecular weight excluding hydrogens is 254 g/mol. The minimum atomic E-state index is -2.98. The molecule has 1 atom stereocenters. The van der Waals surface area contributed by atoms with E-state index in [9.17, 15) is 13.2 Å². The Morgan fingerprint density at radius 1 is 1.39 bits per heavy atom. The van der Waals surface area contributed by atoms with Crippen LogP contribution in [0.3, 0.4) is 0 Å². The van der Waals surface area contributed by atoms with Gasteiger partial charge in [0.05, 0.1) is 23.2 Å². The standard InChI is InChI=1S/C11H13N3O3S/c15-8-1-3-14-6-9(13-11(14)5-8)10-7-18(16,17)4-2-12-10/h1,3,5-6,10,12-13H,2,4,7H2. The third-order valence-corrected chi connectivity index (χ3v) is 4.77. The van der Waals surface area contributed by atoms with Gasteiger partial charge in [0, 0.05) is 31.1 Å². The van der Waals surface area contributed by atoms with E-state index in [2.05, 4.69) is 10.3 Å². The summed E-state index contributed by atoms with van der Waals surface area (Å²) in [5.74, 6) is 0.270. The molecule has 1 aliphatic rings. The van der Waals surface area contributed by atoms with Gasteiger partial charge in [-0.3, -0.25) is 4.79 Å². The van der Waals surface area contributed by atoms with Gasteiger partial charge in [-0.15, -0.1) is 0 Å². The van der Waals surface area contributed by atoms with E-state index in [1.165, 1.54) is 12.1 Å². The van der Waals surface area contributed by atoms with Gasteiger partial charge < -0.3 is 14.7 Å². The molecule has 2 N–H and O–H groups in total. The van der Waals surface area contributed by atoms with Crippen molar-refractivity contribution in [2.75, 3.05) is 18.1 Å². The summed E-state index contributed by atoms with van der Waals surface area (Å²) in [6, 6.07) is 2.72. The molecule has 18 heavy (non-hydrogen) atoms. The van der Waals surface area contributed by atoms with Crippen LogP contribution in [-0.4, -0.2) is 35.9 Å². The van der Waals surface area contributed by atoms with E-state index in [-0.39, 0.29) is 23.0 Å². The van der Waals surface area contributed by atoms with E-state index in [1.807, 2.05) is 6.20 Å². The zero-order valence-electron chi connectivity index (χ0n) is 9.59. The van der Waals surface area contributed by atoms with Gasteiger partial charge in [-0.25, -0.2) is 8.42 Å². The highest BCUT2D eigenvalue weighted by molar-refractivity contribution is 7.91. The van der Waals surface area contributed by atoms with Crippen molar-refractivity contribution in [3.8, 4) is 0 Å². The Bertz CT molecular complexity index is 744. The number of pyridine rings is 1. The van der Waals surface area contributed by atoms with Crippen molar-refractivity contribution in [3.05, 3.63) is 40.4 Å². The number of nitrogens with one attached hydrogen (secondary N) is 2. The third-order valence-electron chi connectivity index (χ3n) is 3.11. The Morgan fingerprint density at radius 2 is 2.22 bits per heavy atom. The molecular formula is C11H13N3O3S. The van der Waals surface area contributed by atoms with Crippen molar-refractivity contribution in [1.29, 1.82) is 0 Å². The summed E-state index contributed by atoms with van der Waals surface area (Å²) in [5.41, 5.74) is 1.37. The van der Waals surface area contributed by atoms with Crippen LogP contribution in [-0.2, 0) is 9.84 Å². The molecule has 0 spiro atoms. The van der Waals surface area contributed by atoms with Crippen LogP contribution in [0.5, 0.6) is 0 Å². The van der Waals surface area contributed by atoms with Crippen LogP contribution >= 0.6 is 0 Å². The van der Waals surface area contributed by atoms with Crippen LogP contribution in [0.4, 0.5) is 0 Å². The number of H-pyrrole nitrogens is 1. The molecule has 96 valence electrons. The number of aromatic nitrogens is 2. The summed E-state index contributed by atoms with van der Waals surface area (Å²) < 4.78 is 25.0. The maximum atomic E-state index is 11.6. The summed E-state index contributed by atoms with van der Waals surface area (Å²) in [5, 5.41) is 3.16. The minimum Gasteiger partial charge on any atom is -0.342 e. The van der Waals surface area contributed by atoms with Crippen molar-refractivity contribution < 1.29 is 8.42 Å². The van der Waals surface area contributed by atoms with Crippen molar-refractivity contribution >= 4 is 15.5 Å². The zero-order valence-corrected chi connectivity index (χ0v) is 10.4. The second-order valence-electron chi connectivity index (χ2n) is 4.49. The maximum Gasteiger partial charge on any atom is 0.183 e. The largest absolute Gasteiger partial charge is 0.342 e. The average molecular weight is 267 g/mol. The van der Waals surface area contributed by atoms with Crippen LogP contribution in [0.1, 0.15) is 11.7 Å². The Labute approximate surface area is 104 Å². The molecule has 3 heterocycles. The van der Waals surface area contributed by atoms with E-state index in [1.54, 1.807) is 10.6 Å². The average Bonchev–Trinajstić information content (AvgIpc) is 2.70. The van der Waals surface area contributed by atoms with Crippen molar-refractivity contribution in [2.24, 2.45) is 0 Å². The molecule has 6 nitrogen and oxygen atoms in total. The van der Waals surface area contributed by atoms with Gasteiger partial charge in [0.1, 0.15) is 5.65 Å². The molecule has 7 heteroatoms. The molecule has 0 aliphatic carbocycles. The summed E-state index contributed by atoms with van der Waals surface area (Å²) in [7, 11) is -2.98. The number of sulfone groups is 1. The van der Waals surface area contributed by atoms with E-state index in [0.717, 1.165) is 5.69 Å². The molecule has 0 aromatic carbocycles. The fourth-order valence-electron chi connectivity index (χ4n) is 2.20. The highest BCUT2D eigenvalue weighted by atomic mass is 32.2. The summed E-state index contributed by atoms with van der Waals surface area (Å²) >= 11 is 0. The number of hydrogen-bond donors (Lipinski definition) is 2. The molecule has 0 saturated carbocycles. The van der Waals surface area contributed by atoms with Gasteiger partial charge in [0.2, 0.25) is 0 Å². The number of aromatic amines is 1. The van der Waals surface area contributed by atoms with E-state index in [0.29, 0.717) is 12.2 Å². The Hall–Kier alpha value is -1.60. The molecule has 3 rings (SSSR count). The van der Waals surface area contributed by atoms with Gasteiger partial charge >= 0.3 is 0 Å². The molecule has 0 bridgehead atoms. The molecule has 1 unspecified atom stereocenters. The number of fused-ring (bicyclic) bond motifs is 1. The third kappa shape index (κ3) is 2.06. The first kappa shape index (κ1) is 11.5. The van der Waals surface area contributed by atoms with Crippen molar-refractivity contribution in [1.82, 2.24) is 14.7 Å². The maximum absolute atomic E-state index is 11.6. The molecule has 0 amide bonds. The molecule has 1 saturated heterocycles. The number of nitrogens with zero attached hydrogens (tertiary/aromatic N) is 1. The topological polar surface area (TPSA) is 83.4 Å². The Morgan fingerprint density at radius 3 is 3.00 bits per heavy atom. The van der Waals surface area contributed by atoms with Gasteiger partial charge in [0.15, 0.2) is 15.3 Å². The second-order valence-corrected chi connectivity index (χ2v) is 6.71. The van der Waals surface area contributed by atoms with Gasteiger partial charge in [-0.2, -0.15) is 0 Å². The fraction of sp³-hybridized carbons (Fsp3) is 0.364. The summed E-state index contributed by atoms with van der Waals surface area (Å²) in [6.07, 6.45) is 3.47. The zero-order chi connectivity index (χ0) is 12.8. The lowest BCUT2D eigenvalue weighted by molar-refractivity contribution is 0.525. The smallest absolute Gasteiger partial charge is 0.183 e.